The van der Waals surface area contributed by atoms with Crippen LogP contribution in [0.1, 0.15) is 38.0 Å². The standard InChI is InChI=1S/C12H19N3O3/c1-2-10-13-14-11(18-10)8-15-5-3-4-9(7-15)6-12(16)17/h9H,2-8H2,1H3,(H,16,17). The Morgan fingerprint density at radius 2 is 2.28 bits per heavy atom. The van der Waals surface area contributed by atoms with Gasteiger partial charge in [-0.15, -0.1) is 10.2 Å². The Morgan fingerprint density at radius 3 is 2.94 bits per heavy atom. The number of aryl methyl sites for hydroxylation is 1. The third-order valence-corrected chi connectivity index (χ3v) is 3.24. The van der Waals surface area contributed by atoms with Crippen LogP contribution in [0.3, 0.4) is 0 Å². The minimum atomic E-state index is -0.715. The predicted octanol–water partition coefficient (Wildman–Crippen LogP) is 1.32. The number of likely N-dealkylation sites (tertiary alicyclic amines) is 1. The van der Waals surface area contributed by atoms with Gasteiger partial charge in [-0.25, -0.2) is 0 Å². The zero-order valence-electron chi connectivity index (χ0n) is 10.6. The van der Waals surface area contributed by atoms with E-state index in [0.717, 1.165) is 32.4 Å². The molecule has 1 saturated heterocycles. The molecule has 18 heavy (non-hydrogen) atoms. The first-order valence-electron chi connectivity index (χ1n) is 6.42. The van der Waals surface area contributed by atoms with Crippen molar-refractivity contribution in [1.82, 2.24) is 15.1 Å². The van der Waals surface area contributed by atoms with Crippen LogP contribution in [0.2, 0.25) is 0 Å². The average Bonchev–Trinajstić information content (AvgIpc) is 2.76. The second-order valence-corrected chi connectivity index (χ2v) is 4.78. The van der Waals surface area contributed by atoms with E-state index in [1.165, 1.54) is 0 Å². The van der Waals surface area contributed by atoms with Gasteiger partial charge >= 0.3 is 5.97 Å². The van der Waals surface area contributed by atoms with Crippen molar-refractivity contribution >= 4 is 5.97 Å². The van der Waals surface area contributed by atoms with Crippen molar-refractivity contribution in [2.75, 3.05) is 13.1 Å². The molecule has 1 atom stereocenters. The summed E-state index contributed by atoms with van der Waals surface area (Å²) in [5, 5.41) is 16.7. The Kier molecular flexibility index (Phi) is 4.30. The van der Waals surface area contributed by atoms with Crippen molar-refractivity contribution < 1.29 is 14.3 Å². The van der Waals surface area contributed by atoms with Gasteiger partial charge in [0.05, 0.1) is 6.54 Å². The van der Waals surface area contributed by atoms with Crippen molar-refractivity contribution in [2.24, 2.45) is 5.92 Å². The summed E-state index contributed by atoms with van der Waals surface area (Å²) >= 11 is 0. The third-order valence-electron chi connectivity index (χ3n) is 3.24. The van der Waals surface area contributed by atoms with Crippen LogP contribution >= 0.6 is 0 Å². The summed E-state index contributed by atoms with van der Waals surface area (Å²) < 4.78 is 5.47. The van der Waals surface area contributed by atoms with E-state index in [0.29, 0.717) is 18.3 Å². The van der Waals surface area contributed by atoms with Gasteiger partial charge in [-0.2, -0.15) is 0 Å². The molecule has 6 nitrogen and oxygen atoms in total. The Labute approximate surface area is 106 Å². The molecule has 1 unspecified atom stereocenters. The molecule has 0 aliphatic carbocycles. The van der Waals surface area contributed by atoms with Crippen molar-refractivity contribution in [3.05, 3.63) is 11.8 Å². The van der Waals surface area contributed by atoms with Crippen LogP contribution in [0.5, 0.6) is 0 Å². The van der Waals surface area contributed by atoms with Crippen molar-refractivity contribution in [3.63, 3.8) is 0 Å². The number of piperidine rings is 1. The molecule has 0 bridgehead atoms. The number of hydrogen-bond donors (Lipinski definition) is 1. The van der Waals surface area contributed by atoms with Gasteiger partial charge in [0.2, 0.25) is 11.8 Å². The fourth-order valence-corrected chi connectivity index (χ4v) is 2.39. The molecule has 0 spiro atoms. The number of carboxylic acid groups (broad SMARTS) is 1. The van der Waals surface area contributed by atoms with Crippen LogP contribution in [0.25, 0.3) is 0 Å². The fourth-order valence-electron chi connectivity index (χ4n) is 2.39. The lowest BCUT2D eigenvalue weighted by Gasteiger charge is -2.30. The van der Waals surface area contributed by atoms with Gasteiger partial charge < -0.3 is 9.52 Å². The highest BCUT2D eigenvalue weighted by molar-refractivity contribution is 5.67. The molecule has 0 aromatic carbocycles. The molecule has 1 fully saturated rings. The highest BCUT2D eigenvalue weighted by atomic mass is 16.4. The largest absolute Gasteiger partial charge is 0.481 e. The fraction of sp³-hybridized carbons (Fsp3) is 0.750. The third kappa shape index (κ3) is 3.53. The molecule has 6 heteroatoms. The van der Waals surface area contributed by atoms with E-state index in [-0.39, 0.29) is 12.3 Å². The Hall–Kier alpha value is -1.43. The number of carbonyl (C=O) groups is 1. The molecule has 1 aromatic heterocycles. The van der Waals surface area contributed by atoms with Crippen LogP contribution in [0, 0.1) is 5.92 Å². The summed E-state index contributed by atoms with van der Waals surface area (Å²) in [4.78, 5) is 12.9. The number of aromatic nitrogens is 2. The Morgan fingerprint density at radius 1 is 1.50 bits per heavy atom. The molecular formula is C12H19N3O3. The first-order valence-corrected chi connectivity index (χ1v) is 6.42. The summed E-state index contributed by atoms with van der Waals surface area (Å²) in [6.07, 6.45) is 3.02. The quantitative estimate of drug-likeness (QED) is 0.852. The van der Waals surface area contributed by atoms with E-state index < -0.39 is 5.97 Å². The summed E-state index contributed by atoms with van der Waals surface area (Å²) in [7, 11) is 0. The topological polar surface area (TPSA) is 79.5 Å². The molecule has 2 rings (SSSR count). The van der Waals surface area contributed by atoms with Gasteiger partial charge in [0.15, 0.2) is 0 Å². The Balaban J connectivity index is 1.87. The zero-order chi connectivity index (χ0) is 13.0. The molecule has 0 amide bonds. The lowest BCUT2D eigenvalue weighted by atomic mass is 9.95. The van der Waals surface area contributed by atoms with Gasteiger partial charge in [0.25, 0.3) is 0 Å². The van der Waals surface area contributed by atoms with Crippen molar-refractivity contribution in [1.29, 1.82) is 0 Å². The molecule has 2 heterocycles. The van der Waals surface area contributed by atoms with Gasteiger partial charge in [0, 0.05) is 19.4 Å². The van der Waals surface area contributed by atoms with Crippen LogP contribution < -0.4 is 0 Å². The van der Waals surface area contributed by atoms with E-state index in [4.69, 9.17) is 9.52 Å². The maximum Gasteiger partial charge on any atom is 0.303 e. The number of aliphatic carboxylic acids is 1. The summed E-state index contributed by atoms with van der Waals surface area (Å²) in [5.41, 5.74) is 0. The number of nitrogens with zero attached hydrogens (tertiary/aromatic N) is 3. The summed E-state index contributed by atoms with van der Waals surface area (Å²) in [6.45, 7) is 4.38. The van der Waals surface area contributed by atoms with Gasteiger partial charge in [-0.05, 0) is 25.3 Å². The van der Waals surface area contributed by atoms with Gasteiger partial charge in [0.1, 0.15) is 0 Å². The second-order valence-electron chi connectivity index (χ2n) is 4.78. The van der Waals surface area contributed by atoms with Crippen LogP contribution in [-0.4, -0.2) is 39.3 Å². The predicted molar refractivity (Wildman–Crippen MR) is 63.9 cm³/mol. The maximum absolute atomic E-state index is 10.7. The van der Waals surface area contributed by atoms with Crippen LogP contribution in [0.4, 0.5) is 0 Å². The second kappa shape index (κ2) is 5.95. The molecule has 1 aliphatic rings. The molecular weight excluding hydrogens is 234 g/mol. The molecule has 0 saturated carbocycles. The first-order chi connectivity index (χ1) is 8.67. The Bertz CT molecular complexity index is 405. The lowest BCUT2D eigenvalue weighted by molar-refractivity contribution is -0.138. The zero-order valence-corrected chi connectivity index (χ0v) is 10.6. The van der Waals surface area contributed by atoms with E-state index in [1.807, 2.05) is 6.92 Å². The minimum absolute atomic E-state index is 0.241. The van der Waals surface area contributed by atoms with Crippen LogP contribution in [-0.2, 0) is 17.8 Å². The minimum Gasteiger partial charge on any atom is -0.481 e. The lowest BCUT2D eigenvalue weighted by Crippen LogP contribution is -2.35. The van der Waals surface area contributed by atoms with E-state index in [1.54, 1.807) is 0 Å². The van der Waals surface area contributed by atoms with Crippen molar-refractivity contribution in [3.8, 4) is 0 Å². The smallest absolute Gasteiger partial charge is 0.303 e. The highest BCUT2D eigenvalue weighted by Gasteiger charge is 2.23. The highest BCUT2D eigenvalue weighted by Crippen LogP contribution is 2.20. The SMILES string of the molecule is CCc1nnc(CN2CCCC(CC(=O)O)C2)o1. The van der Waals surface area contributed by atoms with Crippen LogP contribution in [0.15, 0.2) is 4.42 Å². The average molecular weight is 253 g/mol. The normalized spacial score (nSPS) is 21.1. The summed E-state index contributed by atoms with van der Waals surface area (Å²) in [5.74, 6) is 0.810. The van der Waals surface area contributed by atoms with E-state index in [9.17, 15) is 4.79 Å². The van der Waals surface area contributed by atoms with Crippen molar-refractivity contribution in [2.45, 2.75) is 39.2 Å². The van der Waals surface area contributed by atoms with E-state index >= 15 is 0 Å². The van der Waals surface area contributed by atoms with E-state index in [2.05, 4.69) is 15.1 Å². The van der Waals surface area contributed by atoms with Gasteiger partial charge in [-0.1, -0.05) is 6.92 Å². The molecule has 1 aromatic rings. The number of hydrogen-bond acceptors (Lipinski definition) is 5. The monoisotopic (exact) mass is 253 g/mol. The molecule has 1 N–H and O–H groups in total. The molecule has 100 valence electrons. The molecule has 0 radical (unpaired) electrons. The summed E-state index contributed by atoms with van der Waals surface area (Å²) in [6, 6.07) is 0. The molecule has 1 aliphatic heterocycles. The first kappa shape index (κ1) is 13.0. The number of carboxylic acids is 1. The number of rotatable bonds is 5. The van der Waals surface area contributed by atoms with Gasteiger partial charge in [-0.3, -0.25) is 9.69 Å². The maximum atomic E-state index is 10.7.